The van der Waals surface area contributed by atoms with E-state index in [4.69, 9.17) is 17.3 Å². The number of nitrogens with one attached hydrogen (secondary N) is 2. The summed E-state index contributed by atoms with van der Waals surface area (Å²) in [6.45, 7) is -0.212. The van der Waals surface area contributed by atoms with Gasteiger partial charge in [-0.2, -0.15) is 0 Å². The van der Waals surface area contributed by atoms with Crippen molar-refractivity contribution >= 4 is 67.1 Å². The van der Waals surface area contributed by atoms with Gasteiger partial charge >= 0.3 is 0 Å². The molecule has 0 aliphatic rings. The number of benzene rings is 1. The highest BCUT2D eigenvalue weighted by Gasteiger charge is 2.22. The van der Waals surface area contributed by atoms with E-state index in [0.29, 0.717) is 31.2 Å². The Labute approximate surface area is 177 Å². The average molecular weight is 445 g/mol. The number of nitrogens with two attached hydrogens (primary N) is 1. The van der Waals surface area contributed by atoms with Crippen LogP contribution >= 0.6 is 34.3 Å². The van der Waals surface area contributed by atoms with Crippen LogP contribution in [0.15, 0.2) is 42.5 Å². The van der Waals surface area contributed by atoms with E-state index < -0.39 is 11.8 Å². The number of amides is 2. The normalized spacial score (nSPS) is 10.8. The largest absolute Gasteiger partial charge is 0.323 e. The Hall–Kier alpha value is -2.92. The van der Waals surface area contributed by atoms with Gasteiger partial charge in [-0.1, -0.05) is 53.3 Å². The molecule has 0 unspecified atom stereocenters. The number of thiophene rings is 1. The lowest BCUT2D eigenvalue weighted by molar-refractivity contribution is -0.114. The van der Waals surface area contributed by atoms with E-state index in [2.05, 4.69) is 25.8 Å². The number of carbonyl (C=O) groups excluding carboxylic acids is 2. The number of nitrogens with zero attached hydrogens (tertiary/aromatic N) is 3. The molecule has 11 heteroatoms. The second-order valence-electron chi connectivity index (χ2n) is 5.78. The van der Waals surface area contributed by atoms with Gasteiger partial charge < -0.3 is 11.1 Å². The maximum Gasteiger partial charge on any atom is 0.269 e. The molecule has 0 spiro atoms. The number of hydrogen-bond acceptors (Lipinski definition) is 8. The number of pyridine rings is 1. The second-order valence-corrected chi connectivity index (χ2v) is 8.14. The summed E-state index contributed by atoms with van der Waals surface area (Å²) in [6, 6.07) is 12.8. The summed E-state index contributed by atoms with van der Waals surface area (Å²) < 4.78 is 0. The van der Waals surface area contributed by atoms with Crippen LogP contribution in [-0.4, -0.2) is 33.5 Å². The number of aromatic nitrogens is 3. The monoisotopic (exact) mass is 444 g/mol. The zero-order valence-electron chi connectivity index (χ0n) is 14.7. The Morgan fingerprint density at radius 3 is 2.59 bits per heavy atom. The lowest BCUT2D eigenvalue weighted by atomic mass is 10.2. The summed E-state index contributed by atoms with van der Waals surface area (Å²) >= 11 is 8.32. The molecule has 3 heterocycles. The molecule has 1 aromatic carbocycles. The molecule has 0 bridgehead atoms. The summed E-state index contributed by atoms with van der Waals surface area (Å²) in [7, 11) is 0. The van der Waals surface area contributed by atoms with E-state index in [9.17, 15) is 9.59 Å². The number of carbonyl (C=O) groups is 2. The quantitative estimate of drug-likeness (QED) is 0.404. The smallest absolute Gasteiger partial charge is 0.269 e. The number of halogens is 1. The fourth-order valence-electron chi connectivity index (χ4n) is 2.56. The standard InChI is InChI=1S/C18H13ClN6O2S2/c19-11-7-6-10-13(22-12(26)8-20)14(28-17(10)21-11)15(27)23-18-25-24-16(29-18)9-4-2-1-3-5-9/h1-7H,8,20H2,(H,22,26)(H,23,25,27). The summed E-state index contributed by atoms with van der Waals surface area (Å²) in [4.78, 5) is 29.8. The zero-order valence-corrected chi connectivity index (χ0v) is 17.1. The third kappa shape index (κ3) is 4.10. The third-order valence-corrected chi connectivity index (χ3v) is 6.04. The van der Waals surface area contributed by atoms with E-state index in [-0.39, 0.29) is 11.4 Å². The van der Waals surface area contributed by atoms with E-state index in [1.807, 2.05) is 30.3 Å². The Bertz CT molecular complexity index is 1210. The minimum Gasteiger partial charge on any atom is -0.323 e. The summed E-state index contributed by atoms with van der Waals surface area (Å²) in [5.74, 6) is -0.858. The molecule has 0 saturated heterocycles. The fraction of sp³-hybridized carbons (Fsp3) is 0.0556. The van der Waals surface area contributed by atoms with Crippen molar-refractivity contribution in [2.24, 2.45) is 5.73 Å². The van der Waals surface area contributed by atoms with E-state index in [0.717, 1.165) is 16.9 Å². The number of anilines is 2. The summed E-state index contributed by atoms with van der Waals surface area (Å²) in [6.07, 6.45) is 0. The molecule has 0 radical (unpaired) electrons. The molecule has 8 nitrogen and oxygen atoms in total. The van der Waals surface area contributed by atoms with Crippen LogP contribution in [0.3, 0.4) is 0 Å². The first kappa shape index (κ1) is 19.4. The molecule has 4 N–H and O–H groups in total. The molecule has 0 atom stereocenters. The van der Waals surface area contributed by atoms with Crippen molar-refractivity contribution in [3.63, 3.8) is 0 Å². The number of rotatable bonds is 5. The summed E-state index contributed by atoms with van der Waals surface area (Å²) in [5, 5.41) is 15.5. The van der Waals surface area contributed by atoms with Crippen LogP contribution in [0, 0.1) is 0 Å². The van der Waals surface area contributed by atoms with Crippen LogP contribution < -0.4 is 16.4 Å². The lowest BCUT2D eigenvalue weighted by Crippen LogP contribution is -2.23. The van der Waals surface area contributed by atoms with E-state index in [1.54, 1.807) is 12.1 Å². The number of hydrogen-bond donors (Lipinski definition) is 3. The molecule has 146 valence electrons. The fourth-order valence-corrected chi connectivity index (χ4v) is 4.52. The van der Waals surface area contributed by atoms with Gasteiger partial charge in [0.2, 0.25) is 11.0 Å². The minimum atomic E-state index is -0.438. The van der Waals surface area contributed by atoms with Gasteiger partial charge in [0.15, 0.2) is 0 Å². The predicted octanol–water partition coefficient (Wildman–Crippen LogP) is 3.62. The molecular formula is C18H13ClN6O2S2. The van der Waals surface area contributed by atoms with Crippen LogP contribution in [0.5, 0.6) is 0 Å². The Kier molecular flexibility index (Phi) is 5.49. The van der Waals surface area contributed by atoms with Crippen LogP contribution in [0.2, 0.25) is 5.15 Å². The van der Waals surface area contributed by atoms with Gasteiger partial charge in [-0.05, 0) is 12.1 Å². The number of fused-ring (bicyclic) bond motifs is 1. The van der Waals surface area contributed by atoms with Crippen LogP contribution in [0.25, 0.3) is 20.8 Å². The molecular weight excluding hydrogens is 432 g/mol. The maximum absolute atomic E-state index is 12.9. The van der Waals surface area contributed by atoms with E-state index >= 15 is 0 Å². The molecule has 29 heavy (non-hydrogen) atoms. The van der Waals surface area contributed by atoms with Gasteiger partial charge in [0, 0.05) is 10.9 Å². The lowest BCUT2D eigenvalue weighted by Gasteiger charge is -2.05. The molecule has 0 fully saturated rings. The van der Waals surface area contributed by atoms with Crippen molar-refractivity contribution in [3.8, 4) is 10.6 Å². The second kappa shape index (κ2) is 8.21. The Morgan fingerprint density at radius 2 is 1.83 bits per heavy atom. The summed E-state index contributed by atoms with van der Waals surface area (Å²) in [5.41, 5.74) is 6.65. The van der Waals surface area contributed by atoms with Crippen molar-refractivity contribution in [2.75, 3.05) is 17.2 Å². The third-order valence-electron chi connectivity index (χ3n) is 3.84. The van der Waals surface area contributed by atoms with Gasteiger partial charge in [-0.15, -0.1) is 21.5 Å². The van der Waals surface area contributed by atoms with Crippen molar-refractivity contribution in [2.45, 2.75) is 0 Å². The van der Waals surface area contributed by atoms with Gasteiger partial charge in [0.25, 0.3) is 5.91 Å². The first-order chi connectivity index (χ1) is 14.0. The van der Waals surface area contributed by atoms with Crippen LogP contribution in [0.1, 0.15) is 9.67 Å². The Balaban J connectivity index is 1.65. The zero-order chi connectivity index (χ0) is 20.4. The highest BCUT2D eigenvalue weighted by atomic mass is 35.5. The van der Waals surface area contributed by atoms with Crippen molar-refractivity contribution in [1.82, 2.24) is 15.2 Å². The average Bonchev–Trinajstić information content (AvgIpc) is 3.33. The highest BCUT2D eigenvalue weighted by molar-refractivity contribution is 7.21. The van der Waals surface area contributed by atoms with E-state index in [1.165, 1.54) is 11.3 Å². The first-order valence-electron chi connectivity index (χ1n) is 8.34. The molecule has 2 amide bonds. The molecule has 4 rings (SSSR count). The van der Waals surface area contributed by atoms with Crippen LogP contribution in [-0.2, 0) is 4.79 Å². The molecule has 0 aliphatic heterocycles. The van der Waals surface area contributed by atoms with Gasteiger partial charge in [0.05, 0.1) is 12.2 Å². The highest BCUT2D eigenvalue weighted by Crippen LogP contribution is 2.36. The van der Waals surface area contributed by atoms with Gasteiger partial charge in [0.1, 0.15) is 19.9 Å². The Morgan fingerprint density at radius 1 is 1.03 bits per heavy atom. The van der Waals surface area contributed by atoms with Crippen LogP contribution in [0.4, 0.5) is 10.8 Å². The van der Waals surface area contributed by atoms with Gasteiger partial charge in [-0.3, -0.25) is 14.9 Å². The van der Waals surface area contributed by atoms with Gasteiger partial charge in [-0.25, -0.2) is 4.98 Å². The van der Waals surface area contributed by atoms with Crippen molar-refractivity contribution < 1.29 is 9.59 Å². The minimum absolute atomic E-state index is 0.212. The predicted molar refractivity (Wildman–Crippen MR) is 116 cm³/mol. The molecule has 3 aromatic heterocycles. The SMILES string of the molecule is NCC(=O)Nc1c(C(=O)Nc2nnc(-c3ccccc3)s2)sc2nc(Cl)ccc12. The maximum atomic E-state index is 12.9. The topological polar surface area (TPSA) is 123 Å². The molecule has 4 aromatic rings. The molecule has 0 saturated carbocycles. The van der Waals surface area contributed by atoms with Crippen molar-refractivity contribution in [1.29, 1.82) is 0 Å². The van der Waals surface area contributed by atoms with Crippen molar-refractivity contribution in [3.05, 3.63) is 52.5 Å². The molecule has 0 aliphatic carbocycles. The first-order valence-corrected chi connectivity index (χ1v) is 10.4.